The van der Waals surface area contributed by atoms with Gasteiger partial charge >= 0.3 is 0 Å². The van der Waals surface area contributed by atoms with Gasteiger partial charge in [-0.05, 0) is 37.3 Å². The second kappa shape index (κ2) is 7.24. The van der Waals surface area contributed by atoms with E-state index in [1.54, 1.807) is 0 Å². The van der Waals surface area contributed by atoms with Crippen molar-refractivity contribution >= 4 is 0 Å². The third-order valence-corrected chi connectivity index (χ3v) is 5.01. The molecule has 1 atom stereocenters. The average Bonchev–Trinajstić information content (AvgIpc) is 2.98. The van der Waals surface area contributed by atoms with Crippen LogP contribution in [0.5, 0.6) is 0 Å². The lowest BCUT2D eigenvalue weighted by molar-refractivity contribution is 0.305. The van der Waals surface area contributed by atoms with Crippen LogP contribution in [0.25, 0.3) is 0 Å². The zero-order valence-corrected chi connectivity index (χ0v) is 12.6. The number of likely N-dealkylation sites (tertiary alicyclic amines) is 1. The maximum absolute atomic E-state index is 3.76. The molecule has 2 nitrogen and oxygen atoms in total. The number of nitrogens with one attached hydrogen (secondary N) is 1. The van der Waals surface area contributed by atoms with Crippen LogP contribution < -0.4 is 5.32 Å². The monoisotopic (exact) mass is 272 g/mol. The lowest BCUT2D eigenvalue weighted by Gasteiger charge is -2.24. The molecule has 0 spiro atoms. The molecule has 1 N–H and O–H groups in total. The second-order valence-electron chi connectivity index (χ2n) is 6.49. The van der Waals surface area contributed by atoms with Crippen molar-refractivity contribution < 1.29 is 0 Å². The lowest BCUT2D eigenvalue weighted by Crippen LogP contribution is -2.37. The Morgan fingerprint density at radius 2 is 1.80 bits per heavy atom. The number of rotatable bonds is 5. The second-order valence-corrected chi connectivity index (χ2v) is 6.49. The van der Waals surface area contributed by atoms with Gasteiger partial charge < -0.3 is 10.2 Å². The van der Waals surface area contributed by atoms with E-state index in [2.05, 4.69) is 40.5 Å². The van der Waals surface area contributed by atoms with Gasteiger partial charge in [-0.25, -0.2) is 0 Å². The van der Waals surface area contributed by atoms with Crippen LogP contribution >= 0.6 is 0 Å². The standard InChI is InChI=1S/C18H28N2/c1-3-7-16(8-4-1)17-11-13-20(15-17)14-12-19-18-9-5-2-6-10-18/h1,3-4,7-8,17-19H,2,5-6,9-15H2. The molecule has 20 heavy (non-hydrogen) atoms. The zero-order valence-electron chi connectivity index (χ0n) is 12.6. The van der Waals surface area contributed by atoms with Gasteiger partial charge in [0.25, 0.3) is 0 Å². The topological polar surface area (TPSA) is 15.3 Å². The smallest absolute Gasteiger partial charge is 0.0107 e. The van der Waals surface area contributed by atoms with E-state index >= 15 is 0 Å². The Morgan fingerprint density at radius 1 is 1.00 bits per heavy atom. The number of hydrogen-bond acceptors (Lipinski definition) is 2. The van der Waals surface area contributed by atoms with Crippen molar-refractivity contribution in [1.29, 1.82) is 0 Å². The first kappa shape index (κ1) is 14.1. The van der Waals surface area contributed by atoms with Crippen LogP contribution in [0.1, 0.15) is 50.0 Å². The summed E-state index contributed by atoms with van der Waals surface area (Å²) in [5.74, 6) is 0.755. The lowest BCUT2D eigenvalue weighted by atomic mass is 9.95. The van der Waals surface area contributed by atoms with Crippen molar-refractivity contribution in [3.8, 4) is 0 Å². The molecule has 1 aromatic rings. The van der Waals surface area contributed by atoms with E-state index in [0.29, 0.717) is 0 Å². The van der Waals surface area contributed by atoms with Crippen LogP contribution in [0.2, 0.25) is 0 Å². The fraction of sp³-hybridized carbons (Fsp3) is 0.667. The summed E-state index contributed by atoms with van der Waals surface area (Å²) in [4.78, 5) is 2.63. The van der Waals surface area contributed by atoms with Crippen molar-refractivity contribution in [3.63, 3.8) is 0 Å². The molecule has 1 unspecified atom stereocenters. The van der Waals surface area contributed by atoms with E-state index in [-0.39, 0.29) is 0 Å². The first-order chi connectivity index (χ1) is 9.92. The summed E-state index contributed by atoms with van der Waals surface area (Å²) in [6.45, 7) is 4.91. The third-order valence-electron chi connectivity index (χ3n) is 5.01. The molecule has 3 rings (SSSR count). The highest BCUT2D eigenvalue weighted by Crippen LogP contribution is 2.26. The van der Waals surface area contributed by atoms with Gasteiger partial charge in [0.1, 0.15) is 0 Å². The van der Waals surface area contributed by atoms with Crippen molar-refractivity contribution in [1.82, 2.24) is 10.2 Å². The highest BCUT2D eigenvalue weighted by Gasteiger charge is 2.23. The van der Waals surface area contributed by atoms with Gasteiger partial charge in [0, 0.05) is 25.7 Å². The van der Waals surface area contributed by atoms with Crippen molar-refractivity contribution in [2.75, 3.05) is 26.2 Å². The Labute approximate surface area is 123 Å². The summed E-state index contributed by atoms with van der Waals surface area (Å²) in [5.41, 5.74) is 1.52. The van der Waals surface area contributed by atoms with E-state index < -0.39 is 0 Å². The summed E-state index contributed by atoms with van der Waals surface area (Å²) in [7, 11) is 0. The molecule has 0 radical (unpaired) electrons. The zero-order chi connectivity index (χ0) is 13.6. The molecule has 1 aliphatic heterocycles. The first-order valence-corrected chi connectivity index (χ1v) is 8.42. The highest BCUT2D eigenvalue weighted by molar-refractivity contribution is 5.20. The van der Waals surface area contributed by atoms with Crippen LogP contribution in [0, 0.1) is 0 Å². The molecule has 1 aromatic carbocycles. The van der Waals surface area contributed by atoms with Gasteiger partial charge in [-0.2, -0.15) is 0 Å². The van der Waals surface area contributed by atoms with Gasteiger partial charge in [0.15, 0.2) is 0 Å². The predicted molar refractivity (Wildman–Crippen MR) is 85.1 cm³/mol. The van der Waals surface area contributed by atoms with E-state index in [0.717, 1.165) is 12.0 Å². The Balaban J connectivity index is 1.37. The average molecular weight is 272 g/mol. The molecule has 1 heterocycles. The van der Waals surface area contributed by atoms with E-state index in [4.69, 9.17) is 0 Å². The summed E-state index contributed by atoms with van der Waals surface area (Å²) in [6.07, 6.45) is 8.42. The molecule has 2 heteroatoms. The first-order valence-electron chi connectivity index (χ1n) is 8.42. The summed E-state index contributed by atoms with van der Waals surface area (Å²) >= 11 is 0. The Morgan fingerprint density at radius 3 is 2.60 bits per heavy atom. The molecular weight excluding hydrogens is 244 g/mol. The Kier molecular flexibility index (Phi) is 5.10. The molecule has 1 saturated heterocycles. The maximum atomic E-state index is 3.76. The molecule has 0 aromatic heterocycles. The molecule has 0 bridgehead atoms. The molecule has 2 fully saturated rings. The molecule has 2 aliphatic rings. The van der Waals surface area contributed by atoms with Gasteiger partial charge in [-0.1, -0.05) is 49.6 Å². The molecule has 0 amide bonds. The normalized spacial score (nSPS) is 25.1. The Bertz CT molecular complexity index is 384. The fourth-order valence-electron chi connectivity index (χ4n) is 3.77. The fourth-order valence-corrected chi connectivity index (χ4v) is 3.77. The minimum absolute atomic E-state index is 0.755. The Hall–Kier alpha value is -0.860. The number of benzene rings is 1. The molecule has 110 valence electrons. The van der Waals surface area contributed by atoms with Crippen LogP contribution in [0.4, 0.5) is 0 Å². The molecule has 1 aliphatic carbocycles. The number of nitrogens with zero attached hydrogens (tertiary/aromatic N) is 1. The largest absolute Gasteiger partial charge is 0.313 e. The minimum atomic E-state index is 0.755. The number of hydrogen-bond donors (Lipinski definition) is 1. The quantitative estimate of drug-likeness (QED) is 0.884. The summed E-state index contributed by atoms with van der Waals surface area (Å²) < 4.78 is 0. The van der Waals surface area contributed by atoms with Crippen LogP contribution in [0.15, 0.2) is 30.3 Å². The van der Waals surface area contributed by atoms with E-state index in [1.807, 2.05) is 0 Å². The maximum Gasteiger partial charge on any atom is 0.0107 e. The summed E-state index contributed by atoms with van der Waals surface area (Å²) in [6, 6.07) is 11.8. The van der Waals surface area contributed by atoms with Crippen molar-refractivity contribution in [2.45, 2.75) is 50.5 Å². The van der Waals surface area contributed by atoms with Gasteiger partial charge in [0.05, 0.1) is 0 Å². The van der Waals surface area contributed by atoms with Crippen LogP contribution in [0.3, 0.4) is 0 Å². The molecular formula is C18H28N2. The van der Waals surface area contributed by atoms with Gasteiger partial charge in [-0.15, -0.1) is 0 Å². The molecule has 1 saturated carbocycles. The highest BCUT2D eigenvalue weighted by atomic mass is 15.2. The minimum Gasteiger partial charge on any atom is -0.313 e. The third kappa shape index (κ3) is 3.83. The van der Waals surface area contributed by atoms with Crippen molar-refractivity contribution in [2.24, 2.45) is 0 Å². The SMILES string of the molecule is c1ccc(C2CCN(CCNC3CCCCC3)C2)cc1. The van der Waals surface area contributed by atoms with Crippen LogP contribution in [-0.2, 0) is 0 Å². The predicted octanol–water partition coefficient (Wildman–Crippen LogP) is 3.40. The van der Waals surface area contributed by atoms with E-state index in [1.165, 1.54) is 70.3 Å². The van der Waals surface area contributed by atoms with Crippen LogP contribution in [-0.4, -0.2) is 37.1 Å². The summed E-state index contributed by atoms with van der Waals surface area (Å²) in [5, 5.41) is 3.76. The van der Waals surface area contributed by atoms with Crippen molar-refractivity contribution in [3.05, 3.63) is 35.9 Å². The van der Waals surface area contributed by atoms with E-state index in [9.17, 15) is 0 Å². The van der Waals surface area contributed by atoms with Gasteiger partial charge in [-0.3, -0.25) is 0 Å². The van der Waals surface area contributed by atoms with Gasteiger partial charge in [0.2, 0.25) is 0 Å².